The standard InChI is InChI=1S/C26H37N3O4S/c1-17-5-3-4-6-23(17)27-25(30)19-11-13-28(14-12-19)34(32,33)22-9-10-24-21(16-22)15-18(2)29(24)26(31)20-7-8-20/h9-10,16-20,23H,3-8,11-15H2,1-2H3,(H,27,30)/t17-,18+,23-/m1/s1. The molecule has 2 aliphatic carbocycles. The van der Waals surface area contributed by atoms with E-state index in [9.17, 15) is 18.0 Å². The first-order valence-electron chi connectivity index (χ1n) is 13.0. The summed E-state index contributed by atoms with van der Waals surface area (Å²) in [6, 6.07) is 5.51. The van der Waals surface area contributed by atoms with Gasteiger partial charge in [-0.15, -0.1) is 0 Å². The molecule has 2 saturated carbocycles. The van der Waals surface area contributed by atoms with Crippen molar-refractivity contribution in [3.63, 3.8) is 0 Å². The number of hydrogen-bond acceptors (Lipinski definition) is 4. The summed E-state index contributed by atoms with van der Waals surface area (Å²) in [7, 11) is -3.63. The maximum Gasteiger partial charge on any atom is 0.243 e. The molecule has 8 heteroatoms. The number of nitrogens with zero attached hydrogens (tertiary/aromatic N) is 2. The fraction of sp³-hybridized carbons (Fsp3) is 0.692. The Hall–Kier alpha value is -1.93. The number of piperidine rings is 1. The Morgan fingerprint density at radius 3 is 2.32 bits per heavy atom. The lowest BCUT2D eigenvalue weighted by molar-refractivity contribution is -0.127. The maximum atomic E-state index is 13.4. The van der Waals surface area contributed by atoms with Gasteiger partial charge in [-0.2, -0.15) is 4.31 Å². The van der Waals surface area contributed by atoms with Crippen molar-refractivity contribution in [1.82, 2.24) is 9.62 Å². The van der Waals surface area contributed by atoms with Gasteiger partial charge in [0.25, 0.3) is 0 Å². The van der Waals surface area contributed by atoms with Crippen molar-refractivity contribution < 1.29 is 18.0 Å². The molecule has 2 aliphatic heterocycles. The average Bonchev–Trinajstić information content (AvgIpc) is 3.62. The van der Waals surface area contributed by atoms with Crippen LogP contribution in [0.4, 0.5) is 5.69 Å². The third kappa shape index (κ3) is 4.51. The molecule has 1 aromatic carbocycles. The van der Waals surface area contributed by atoms with Crippen molar-refractivity contribution in [3.8, 4) is 0 Å². The largest absolute Gasteiger partial charge is 0.353 e. The number of benzene rings is 1. The van der Waals surface area contributed by atoms with Crippen LogP contribution in [0.2, 0.25) is 0 Å². The molecule has 0 radical (unpaired) electrons. The number of carbonyl (C=O) groups excluding carboxylic acids is 2. The van der Waals surface area contributed by atoms with Gasteiger partial charge in [-0.1, -0.05) is 19.8 Å². The average molecular weight is 488 g/mol. The second-order valence-electron chi connectivity index (χ2n) is 10.9. The lowest BCUT2D eigenvalue weighted by Crippen LogP contribution is -2.47. The number of rotatable bonds is 5. The SMILES string of the molecule is C[C@@H]1CCCC[C@H]1NC(=O)C1CCN(S(=O)(=O)c2ccc3c(c2)C[C@H](C)N3C(=O)C2CC2)CC1. The van der Waals surface area contributed by atoms with Gasteiger partial charge in [-0.05, 0) is 81.5 Å². The molecule has 2 heterocycles. The van der Waals surface area contributed by atoms with E-state index >= 15 is 0 Å². The minimum absolute atomic E-state index is 0.0576. The van der Waals surface area contributed by atoms with Crippen LogP contribution in [-0.4, -0.2) is 49.7 Å². The number of hydrogen-bond donors (Lipinski definition) is 1. The first-order chi connectivity index (χ1) is 16.3. The Labute approximate surface area is 203 Å². The molecule has 0 bridgehead atoms. The van der Waals surface area contributed by atoms with Crippen LogP contribution in [-0.2, 0) is 26.0 Å². The summed E-state index contributed by atoms with van der Waals surface area (Å²) >= 11 is 0. The second kappa shape index (κ2) is 9.26. The van der Waals surface area contributed by atoms with Crippen LogP contribution in [0.3, 0.4) is 0 Å². The maximum absolute atomic E-state index is 13.4. The molecule has 1 saturated heterocycles. The number of carbonyl (C=O) groups is 2. The highest BCUT2D eigenvalue weighted by Crippen LogP contribution is 2.40. The Balaban J connectivity index is 1.23. The van der Waals surface area contributed by atoms with Gasteiger partial charge in [-0.25, -0.2) is 8.42 Å². The van der Waals surface area contributed by atoms with E-state index in [4.69, 9.17) is 0 Å². The van der Waals surface area contributed by atoms with E-state index in [1.165, 1.54) is 10.7 Å². The summed E-state index contributed by atoms with van der Waals surface area (Å²) in [6.45, 7) is 4.96. The van der Waals surface area contributed by atoms with E-state index < -0.39 is 10.0 Å². The molecular formula is C26H37N3O4S. The third-order valence-corrected chi connectivity index (χ3v) is 10.2. The van der Waals surface area contributed by atoms with Gasteiger partial charge in [0.15, 0.2) is 0 Å². The molecular weight excluding hydrogens is 450 g/mol. The summed E-state index contributed by atoms with van der Waals surface area (Å²) in [5, 5.41) is 3.24. The smallest absolute Gasteiger partial charge is 0.243 e. The van der Waals surface area contributed by atoms with Gasteiger partial charge >= 0.3 is 0 Å². The summed E-state index contributed by atoms with van der Waals surface area (Å²) < 4.78 is 28.3. The molecule has 186 valence electrons. The van der Waals surface area contributed by atoms with Crippen molar-refractivity contribution in [2.24, 2.45) is 17.8 Å². The number of anilines is 1. The highest BCUT2D eigenvalue weighted by molar-refractivity contribution is 7.89. The van der Waals surface area contributed by atoms with E-state index in [0.717, 1.165) is 43.4 Å². The predicted octanol–water partition coefficient (Wildman–Crippen LogP) is 3.47. The molecule has 0 spiro atoms. The van der Waals surface area contributed by atoms with E-state index in [1.807, 2.05) is 11.8 Å². The Bertz CT molecular complexity index is 1060. The first-order valence-corrected chi connectivity index (χ1v) is 14.5. The summed E-state index contributed by atoms with van der Waals surface area (Å²) in [6.07, 6.45) is 8.30. The summed E-state index contributed by atoms with van der Waals surface area (Å²) in [5.74, 6) is 0.781. The zero-order chi connectivity index (χ0) is 24.0. The number of fused-ring (bicyclic) bond motifs is 1. The van der Waals surface area contributed by atoms with Crippen molar-refractivity contribution >= 4 is 27.5 Å². The fourth-order valence-electron chi connectivity index (χ4n) is 5.97. The summed E-state index contributed by atoms with van der Waals surface area (Å²) in [5.41, 5.74) is 1.79. The quantitative estimate of drug-likeness (QED) is 0.689. The third-order valence-electron chi connectivity index (χ3n) is 8.33. The van der Waals surface area contributed by atoms with Gasteiger partial charge in [0.1, 0.15) is 0 Å². The molecule has 1 aromatic rings. The van der Waals surface area contributed by atoms with Crippen LogP contribution in [0.15, 0.2) is 23.1 Å². The molecule has 5 rings (SSSR count). The molecule has 3 fully saturated rings. The van der Waals surface area contributed by atoms with Gasteiger partial charge in [0.2, 0.25) is 21.8 Å². The summed E-state index contributed by atoms with van der Waals surface area (Å²) in [4.78, 5) is 27.7. The van der Waals surface area contributed by atoms with Crippen molar-refractivity contribution in [2.75, 3.05) is 18.0 Å². The normalized spacial score (nSPS) is 28.5. The molecule has 0 aromatic heterocycles. The predicted molar refractivity (Wildman–Crippen MR) is 131 cm³/mol. The lowest BCUT2D eigenvalue weighted by Gasteiger charge is -2.34. The van der Waals surface area contributed by atoms with Crippen LogP contribution < -0.4 is 10.2 Å². The Morgan fingerprint density at radius 1 is 0.941 bits per heavy atom. The van der Waals surface area contributed by atoms with Crippen LogP contribution in [0, 0.1) is 17.8 Å². The first kappa shape index (κ1) is 23.8. The minimum atomic E-state index is -3.63. The molecule has 3 atom stereocenters. The molecule has 0 unspecified atom stereocenters. The van der Waals surface area contributed by atoms with E-state index in [-0.39, 0.29) is 40.6 Å². The van der Waals surface area contributed by atoms with Gasteiger partial charge in [0, 0.05) is 42.7 Å². The molecule has 34 heavy (non-hydrogen) atoms. The van der Waals surface area contributed by atoms with E-state index in [2.05, 4.69) is 12.2 Å². The molecule has 1 N–H and O–H groups in total. The van der Waals surface area contributed by atoms with E-state index in [0.29, 0.717) is 38.3 Å². The number of nitrogens with one attached hydrogen (secondary N) is 1. The minimum Gasteiger partial charge on any atom is -0.353 e. The van der Waals surface area contributed by atoms with Gasteiger partial charge in [-0.3, -0.25) is 9.59 Å². The fourth-order valence-corrected chi connectivity index (χ4v) is 7.49. The van der Waals surface area contributed by atoms with Crippen LogP contribution in [0.5, 0.6) is 0 Å². The number of sulfonamides is 1. The number of amides is 2. The Kier molecular flexibility index (Phi) is 6.48. The van der Waals surface area contributed by atoms with Crippen LogP contribution in [0.1, 0.15) is 70.8 Å². The van der Waals surface area contributed by atoms with Crippen molar-refractivity contribution in [3.05, 3.63) is 23.8 Å². The van der Waals surface area contributed by atoms with Crippen LogP contribution in [0.25, 0.3) is 0 Å². The molecule has 4 aliphatic rings. The highest BCUT2D eigenvalue weighted by atomic mass is 32.2. The van der Waals surface area contributed by atoms with Crippen molar-refractivity contribution in [1.29, 1.82) is 0 Å². The van der Waals surface area contributed by atoms with Crippen LogP contribution >= 0.6 is 0 Å². The second-order valence-corrected chi connectivity index (χ2v) is 12.8. The van der Waals surface area contributed by atoms with Gasteiger partial charge < -0.3 is 10.2 Å². The van der Waals surface area contributed by atoms with E-state index in [1.54, 1.807) is 18.2 Å². The molecule has 2 amide bonds. The Morgan fingerprint density at radius 2 is 1.65 bits per heavy atom. The lowest BCUT2D eigenvalue weighted by atomic mass is 9.85. The zero-order valence-electron chi connectivity index (χ0n) is 20.3. The monoisotopic (exact) mass is 487 g/mol. The topological polar surface area (TPSA) is 86.8 Å². The van der Waals surface area contributed by atoms with Crippen molar-refractivity contribution in [2.45, 2.75) is 88.6 Å². The zero-order valence-corrected chi connectivity index (χ0v) is 21.1. The van der Waals surface area contributed by atoms with Gasteiger partial charge in [0.05, 0.1) is 4.90 Å². The molecule has 7 nitrogen and oxygen atoms in total. The highest BCUT2D eigenvalue weighted by Gasteiger charge is 2.40.